The first kappa shape index (κ1) is 13.1. The molecule has 0 aromatic carbocycles. The Morgan fingerprint density at radius 3 is 2.47 bits per heavy atom. The van der Waals surface area contributed by atoms with Crippen LogP contribution >= 0.6 is 0 Å². The lowest BCUT2D eigenvalue weighted by Crippen LogP contribution is -2.28. The lowest BCUT2D eigenvalue weighted by Gasteiger charge is -2.14. The number of nitrogens with one attached hydrogen (secondary N) is 2. The van der Waals surface area contributed by atoms with E-state index in [0.29, 0.717) is 0 Å². The molecule has 0 saturated carbocycles. The van der Waals surface area contributed by atoms with Crippen LogP contribution in [0.3, 0.4) is 0 Å². The van der Waals surface area contributed by atoms with Crippen LogP contribution in [0.15, 0.2) is 12.1 Å². The molecule has 0 radical (unpaired) electrons. The summed E-state index contributed by atoms with van der Waals surface area (Å²) in [6.45, 7) is -0.654. The van der Waals surface area contributed by atoms with Crippen molar-refractivity contribution in [2.75, 3.05) is 24.0 Å². The van der Waals surface area contributed by atoms with E-state index in [1.165, 1.54) is 6.07 Å². The Kier molecular flexibility index (Phi) is 4.57. The predicted molar refractivity (Wildman–Crippen MR) is 60.3 cm³/mol. The molecule has 1 aromatic rings. The minimum absolute atomic E-state index is 0.108. The van der Waals surface area contributed by atoms with Crippen LogP contribution in [-0.2, 0) is 0 Å². The molecular formula is C8H13N5O4. The molecule has 0 amide bonds. The zero-order valence-corrected chi connectivity index (χ0v) is 8.83. The Hall–Kier alpha value is -1.97. The normalized spacial score (nSPS) is 10.4. The summed E-state index contributed by atoms with van der Waals surface area (Å²) in [6, 6.07) is 1.70. The molecule has 0 aliphatic heterocycles. The van der Waals surface area contributed by atoms with Gasteiger partial charge in [-0.25, -0.2) is 10.8 Å². The fourth-order valence-corrected chi connectivity index (χ4v) is 1.13. The standard InChI is InChI=1S/C8H13N5O4/c9-12-8-2-6(13(16)17)1-7(11-8)10-5(3-14)4-15/h1-2,5,14-15H,3-4,9H2,(H2,10,11,12). The molecule has 0 aliphatic rings. The minimum atomic E-state index is -0.643. The van der Waals surface area contributed by atoms with Gasteiger partial charge in [0.1, 0.15) is 11.6 Å². The molecule has 0 saturated heterocycles. The van der Waals surface area contributed by atoms with Gasteiger partial charge in [-0.1, -0.05) is 0 Å². The van der Waals surface area contributed by atoms with Crippen LogP contribution in [0.25, 0.3) is 0 Å². The molecule has 0 fully saturated rings. The second-order valence-electron chi connectivity index (χ2n) is 3.20. The SMILES string of the molecule is NNc1cc([N+](=O)[O-])cc(NC(CO)CO)n1. The Labute approximate surface area is 96.4 Å². The molecule has 9 nitrogen and oxygen atoms in total. The second-order valence-corrected chi connectivity index (χ2v) is 3.20. The highest BCUT2D eigenvalue weighted by molar-refractivity contribution is 5.54. The van der Waals surface area contributed by atoms with Gasteiger partial charge in [0.2, 0.25) is 0 Å². The van der Waals surface area contributed by atoms with Crippen LogP contribution in [0.1, 0.15) is 0 Å². The Bertz CT molecular complexity index is 396. The Balaban J connectivity index is 2.98. The summed E-state index contributed by atoms with van der Waals surface area (Å²) in [6.07, 6.45) is 0. The molecule has 0 bridgehead atoms. The highest BCUT2D eigenvalue weighted by Gasteiger charge is 2.13. The quantitative estimate of drug-likeness (QED) is 0.244. The summed E-state index contributed by atoms with van der Waals surface area (Å²) in [5.41, 5.74) is 1.99. The van der Waals surface area contributed by atoms with Crippen LogP contribution < -0.4 is 16.6 Å². The molecule has 9 heteroatoms. The maximum Gasteiger partial charge on any atom is 0.276 e. The molecular weight excluding hydrogens is 230 g/mol. The van der Waals surface area contributed by atoms with Crippen molar-refractivity contribution in [3.05, 3.63) is 22.2 Å². The molecule has 0 unspecified atom stereocenters. The van der Waals surface area contributed by atoms with E-state index in [2.05, 4.69) is 15.7 Å². The fraction of sp³-hybridized carbons (Fsp3) is 0.375. The van der Waals surface area contributed by atoms with Crippen molar-refractivity contribution in [3.63, 3.8) is 0 Å². The number of rotatable bonds is 6. The average molecular weight is 243 g/mol. The number of nitrogen functional groups attached to an aromatic ring is 1. The average Bonchev–Trinajstić information content (AvgIpc) is 2.35. The monoisotopic (exact) mass is 243 g/mol. The summed E-state index contributed by atoms with van der Waals surface area (Å²) in [5.74, 6) is 5.37. The first-order valence-corrected chi connectivity index (χ1v) is 4.72. The molecule has 6 N–H and O–H groups in total. The van der Waals surface area contributed by atoms with Crippen molar-refractivity contribution in [3.8, 4) is 0 Å². The van der Waals surface area contributed by atoms with Crippen molar-refractivity contribution < 1.29 is 15.1 Å². The van der Waals surface area contributed by atoms with Crippen LogP contribution in [0, 0.1) is 10.1 Å². The Morgan fingerprint density at radius 1 is 1.41 bits per heavy atom. The summed E-state index contributed by atoms with van der Waals surface area (Å²) < 4.78 is 0. The lowest BCUT2D eigenvalue weighted by molar-refractivity contribution is -0.384. The molecule has 1 aromatic heterocycles. The van der Waals surface area contributed by atoms with Crippen LogP contribution in [0.5, 0.6) is 0 Å². The summed E-state index contributed by atoms with van der Waals surface area (Å²) in [4.78, 5) is 13.9. The van der Waals surface area contributed by atoms with Gasteiger partial charge in [0, 0.05) is 0 Å². The van der Waals surface area contributed by atoms with Crippen molar-refractivity contribution in [1.29, 1.82) is 0 Å². The third kappa shape index (κ3) is 3.52. The number of hydrogen-bond donors (Lipinski definition) is 5. The third-order valence-corrected chi connectivity index (χ3v) is 1.96. The van der Waals surface area contributed by atoms with Crippen LogP contribution in [0.4, 0.5) is 17.3 Å². The van der Waals surface area contributed by atoms with E-state index < -0.39 is 11.0 Å². The number of aliphatic hydroxyl groups is 2. The van der Waals surface area contributed by atoms with Gasteiger partial charge in [-0.05, 0) is 0 Å². The first-order valence-electron chi connectivity index (χ1n) is 4.72. The first-order chi connectivity index (χ1) is 8.10. The molecule has 1 heterocycles. The highest BCUT2D eigenvalue weighted by atomic mass is 16.6. The van der Waals surface area contributed by atoms with E-state index in [-0.39, 0.29) is 30.5 Å². The number of nitro groups is 1. The van der Waals surface area contributed by atoms with E-state index in [4.69, 9.17) is 16.1 Å². The second kappa shape index (κ2) is 5.94. The lowest BCUT2D eigenvalue weighted by atomic mass is 10.3. The maximum absolute atomic E-state index is 10.6. The van der Waals surface area contributed by atoms with E-state index in [0.717, 1.165) is 6.07 Å². The highest BCUT2D eigenvalue weighted by Crippen LogP contribution is 2.20. The van der Waals surface area contributed by atoms with Gasteiger partial charge in [0.15, 0.2) is 0 Å². The Morgan fingerprint density at radius 2 is 2.00 bits per heavy atom. The third-order valence-electron chi connectivity index (χ3n) is 1.96. The number of aliphatic hydroxyl groups excluding tert-OH is 2. The number of anilines is 2. The van der Waals surface area contributed by atoms with Gasteiger partial charge in [-0.2, -0.15) is 0 Å². The topological polar surface area (TPSA) is 147 Å². The number of hydrogen-bond acceptors (Lipinski definition) is 8. The van der Waals surface area contributed by atoms with E-state index in [1.54, 1.807) is 0 Å². The minimum Gasteiger partial charge on any atom is -0.394 e. The summed E-state index contributed by atoms with van der Waals surface area (Å²) in [7, 11) is 0. The number of nitrogens with zero attached hydrogens (tertiary/aromatic N) is 2. The van der Waals surface area contributed by atoms with Gasteiger partial charge in [-0.15, -0.1) is 0 Å². The van der Waals surface area contributed by atoms with Crippen molar-refractivity contribution in [1.82, 2.24) is 4.98 Å². The number of pyridine rings is 1. The van der Waals surface area contributed by atoms with Crippen molar-refractivity contribution in [2.45, 2.75) is 6.04 Å². The van der Waals surface area contributed by atoms with Gasteiger partial charge >= 0.3 is 0 Å². The van der Waals surface area contributed by atoms with Crippen LogP contribution in [-0.4, -0.2) is 39.4 Å². The molecule has 94 valence electrons. The molecule has 0 aliphatic carbocycles. The van der Waals surface area contributed by atoms with Crippen molar-refractivity contribution >= 4 is 17.3 Å². The maximum atomic E-state index is 10.6. The largest absolute Gasteiger partial charge is 0.394 e. The molecule has 1 rings (SSSR count). The molecule has 0 atom stereocenters. The number of hydrazine groups is 1. The zero-order valence-electron chi connectivity index (χ0n) is 8.83. The smallest absolute Gasteiger partial charge is 0.276 e. The summed E-state index contributed by atoms with van der Waals surface area (Å²) >= 11 is 0. The van der Waals surface area contributed by atoms with E-state index >= 15 is 0 Å². The number of nitrogens with two attached hydrogens (primary N) is 1. The van der Waals surface area contributed by atoms with Gasteiger partial charge < -0.3 is 21.0 Å². The zero-order chi connectivity index (χ0) is 12.8. The van der Waals surface area contributed by atoms with Gasteiger partial charge in [0.05, 0.1) is 36.3 Å². The fourth-order valence-electron chi connectivity index (χ4n) is 1.13. The predicted octanol–water partition coefficient (Wildman–Crippen LogP) is -0.960. The van der Waals surface area contributed by atoms with Crippen molar-refractivity contribution in [2.24, 2.45) is 5.84 Å². The van der Waals surface area contributed by atoms with Crippen LogP contribution in [0.2, 0.25) is 0 Å². The van der Waals surface area contributed by atoms with Gasteiger partial charge in [-0.3, -0.25) is 10.1 Å². The van der Waals surface area contributed by atoms with E-state index in [1.807, 2.05) is 0 Å². The molecule has 17 heavy (non-hydrogen) atoms. The molecule has 0 spiro atoms. The summed E-state index contributed by atoms with van der Waals surface area (Å²) in [5, 5.41) is 31.0. The van der Waals surface area contributed by atoms with Gasteiger partial charge in [0.25, 0.3) is 5.69 Å². The number of aromatic nitrogens is 1. The van der Waals surface area contributed by atoms with E-state index in [9.17, 15) is 10.1 Å².